The van der Waals surface area contributed by atoms with E-state index in [0.29, 0.717) is 12.0 Å². The van der Waals surface area contributed by atoms with E-state index in [1.807, 2.05) is 26.8 Å². The molecule has 6 nitrogen and oxygen atoms in total. The van der Waals surface area contributed by atoms with E-state index in [1.165, 1.54) is 24.3 Å². The summed E-state index contributed by atoms with van der Waals surface area (Å²) < 4.78 is 27.1. The van der Waals surface area contributed by atoms with Gasteiger partial charge in [0, 0.05) is 6.04 Å². The summed E-state index contributed by atoms with van der Waals surface area (Å²) in [6.07, 6.45) is 0.113. The van der Waals surface area contributed by atoms with E-state index in [2.05, 4.69) is 4.72 Å². The summed E-state index contributed by atoms with van der Waals surface area (Å²) in [6, 6.07) is 6.69. The lowest BCUT2D eigenvalue weighted by molar-refractivity contribution is -0.137. The first-order valence-corrected chi connectivity index (χ1v) is 8.26. The Morgan fingerprint density at radius 1 is 1.32 bits per heavy atom. The van der Waals surface area contributed by atoms with Gasteiger partial charge in [-0.05, 0) is 36.1 Å². The fourth-order valence-corrected chi connectivity index (χ4v) is 3.34. The zero-order chi connectivity index (χ0) is 17.0. The van der Waals surface area contributed by atoms with Crippen LogP contribution in [0.4, 0.5) is 0 Å². The highest BCUT2D eigenvalue weighted by Crippen LogP contribution is 2.23. The minimum atomic E-state index is -3.83. The van der Waals surface area contributed by atoms with Crippen molar-refractivity contribution < 1.29 is 18.3 Å². The molecular formula is C15H20N2O4S. The number of rotatable bonds is 6. The molecule has 1 aromatic rings. The molecule has 22 heavy (non-hydrogen) atoms. The molecular weight excluding hydrogens is 304 g/mol. The quantitative estimate of drug-likeness (QED) is 0.833. The lowest BCUT2D eigenvalue weighted by Gasteiger charge is -2.25. The Labute approximate surface area is 130 Å². The van der Waals surface area contributed by atoms with E-state index < -0.39 is 22.0 Å². The van der Waals surface area contributed by atoms with Crippen LogP contribution in [0.3, 0.4) is 0 Å². The summed E-state index contributed by atoms with van der Waals surface area (Å²) in [5, 5.41) is 17.7. The second-order valence-electron chi connectivity index (χ2n) is 6.32. The molecule has 0 aliphatic heterocycles. The SMILES string of the molecule is CC(C)(C)CC(CC(=O)O)NS(=O)(=O)c1ccc(C#N)cc1. The third-order valence-electron chi connectivity index (χ3n) is 2.90. The van der Waals surface area contributed by atoms with Crippen molar-refractivity contribution in [1.82, 2.24) is 4.72 Å². The molecule has 0 aromatic heterocycles. The molecule has 2 N–H and O–H groups in total. The number of nitrogens with one attached hydrogen (secondary N) is 1. The number of carboxylic acids is 1. The summed E-state index contributed by atoms with van der Waals surface area (Å²) in [4.78, 5) is 10.9. The van der Waals surface area contributed by atoms with E-state index in [1.54, 1.807) is 0 Å². The number of hydrogen-bond donors (Lipinski definition) is 2. The molecule has 0 heterocycles. The van der Waals surface area contributed by atoms with Crippen molar-refractivity contribution in [1.29, 1.82) is 5.26 Å². The van der Waals surface area contributed by atoms with Gasteiger partial charge >= 0.3 is 5.97 Å². The second kappa shape index (κ2) is 6.90. The number of carboxylic acid groups (broad SMARTS) is 1. The average molecular weight is 324 g/mol. The minimum Gasteiger partial charge on any atom is -0.481 e. The van der Waals surface area contributed by atoms with Crippen LogP contribution >= 0.6 is 0 Å². The topological polar surface area (TPSA) is 107 Å². The monoisotopic (exact) mass is 324 g/mol. The third-order valence-corrected chi connectivity index (χ3v) is 4.43. The van der Waals surface area contributed by atoms with Crippen molar-refractivity contribution >= 4 is 16.0 Å². The fourth-order valence-electron chi connectivity index (χ4n) is 2.10. The predicted octanol–water partition coefficient (Wildman–Crippen LogP) is 2.12. The molecule has 120 valence electrons. The zero-order valence-electron chi connectivity index (χ0n) is 12.8. The number of nitriles is 1. The highest BCUT2D eigenvalue weighted by molar-refractivity contribution is 7.89. The smallest absolute Gasteiger partial charge is 0.304 e. The number of hydrogen-bond acceptors (Lipinski definition) is 4. The Balaban J connectivity index is 2.98. The maximum absolute atomic E-state index is 12.3. The summed E-state index contributed by atoms with van der Waals surface area (Å²) in [6.45, 7) is 5.74. The second-order valence-corrected chi connectivity index (χ2v) is 8.03. The van der Waals surface area contributed by atoms with E-state index in [4.69, 9.17) is 10.4 Å². The van der Waals surface area contributed by atoms with Crippen LogP contribution in [0.5, 0.6) is 0 Å². The highest BCUT2D eigenvalue weighted by atomic mass is 32.2. The maximum Gasteiger partial charge on any atom is 0.304 e. The predicted molar refractivity (Wildman–Crippen MR) is 81.6 cm³/mol. The van der Waals surface area contributed by atoms with Crippen LogP contribution in [0.2, 0.25) is 0 Å². The van der Waals surface area contributed by atoms with Crippen LogP contribution in [0.1, 0.15) is 39.2 Å². The largest absolute Gasteiger partial charge is 0.481 e. The number of nitrogens with zero attached hydrogens (tertiary/aromatic N) is 1. The molecule has 0 spiro atoms. The van der Waals surface area contributed by atoms with Gasteiger partial charge in [0.05, 0.1) is 22.9 Å². The first-order valence-electron chi connectivity index (χ1n) is 6.78. The van der Waals surface area contributed by atoms with Crippen molar-refractivity contribution in [2.24, 2.45) is 5.41 Å². The Morgan fingerprint density at radius 2 is 1.86 bits per heavy atom. The third kappa shape index (κ3) is 5.84. The first kappa shape index (κ1) is 18.1. The molecule has 1 rings (SSSR count). The standard InChI is InChI=1S/C15H20N2O4S/c1-15(2,3)9-12(8-14(18)19)17-22(20,21)13-6-4-11(10-16)5-7-13/h4-7,12,17H,8-9H2,1-3H3,(H,18,19). The number of sulfonamides is 1. The van der Waals surface area contributed by atoms with E-state index in [9.17, 15) is 13.2 Å². The minimum absolute atomic E-state index is 0.01000. The molecule has 1 unspecified atom stereocenters. The summed E-state index contributed by atoms with van der Waals surface area (Å²) in [7, 11) is -3.83. The Morgan fingerprint density at radius 3 is 2.27 bits per heavy atom. The van der Waals surface area contributed by atoms with E-state index >= 15 is 0 Å². The number of benzene rings is 1. The first-order chi connectivity index (χ1) is 10.0. The molecule has 0 amide bonds. The van der Waals surface area contributed by atoms with Crippen LogP contribution in [0.25, 0.3) is 0 Å². The normalized spacial score (nSPS) is 13.4. The summed E-state index contributed by atoms with van der Waals surface area (Å²) in [5.74, 6) is -1.06. The molecule has 0 aliphatic rings. The Bertz CT molecular complexity index is 667. The fraction of sp³-hybridized carbons (Fsp3) is 0.467. The molecule has 1 aromatic carbocycles. The van der Waals surface area contributed by atoms with Crippen LogP contribution in [0.15, 0.2) is 29.2 Å². The van der Waals surface area contributed by atoms with Gasteiger partial charge in [-0.15, -0.1) is 0 Å². The molecule has 7 heteroatoms. The number of aliphatic carboxylic acids is 1. The van der Waals surface area contributed by atoms with Crippen molar-refractivity contribution in [3.8, 4) is 6.07 Å². The van der Waals surface area contributed by atoms with Crippen LogP contribution in [-0.2, 0) is 14.8 Å². The molecule has 0 radical (unpaired) electrons. The van der Waals surface area contributed by atoms with Crippen LogP contribution in [-0.4, -0.2) is 25.5 Å². The summed E-state index contributed by atoms with van der Waals surface area (Å²) >= 11 is 0. The number of carbonyl (C=O) groups is 1. The lowest BCUT2D eigenvalue weighted by atomic mass is 9.87. The van der Waals surface area contributed by atoms with Crippen molar-refractivity contribution in [3.63, 3.8) is 0 Å². The van der Waals surface area contributed by atoms with Crippen LogP contribution < -0.4 is 4.72 Å². The molecule has 0 saturated carbocycles. The maximum atomic E-state index is 12.3. The van der Waals surface area contributed by atoms with Crippen molar-refractivity contribution in [2.75, 3.05) is 0 Å². The zero-order valence-corrected chi connectivity index (χ0v) is 13.6. The van der Waals surface area contributed by atoms with Crippen molar-refractivity contribution in [2.45, 2.75) is 44.6 Å². The average Bonchev–Trinajstić information content (AvgIpc) is 2.35. The Hall–Kier alpha value is -1.91. The van der Waals surface area contributed by atoms with Gasteiger partial charge in [0.2, 0.25) is 10.0 Å². The van der Waals surface area contributed by atoms with Gasteiger partial charge in [0.1, 0.15) is 0 Å². The lowest BCUT2D eigenvalue weighted by Crippen LogP contribution is -2.39. The van der Waals surface area contributed by atoms with Gasteiger partial charge in [-0.3, -0.25) is 4.79 Å². The molecule has 0 saturated heterocycles. The van der Waals surface area contributed by atoms with Gasteiger partial charge in [-0.25, -0.2) is 13.1 Å². The van der Waals surface area contributed by atoms with Gasteiger partial charge < -0.3 is 5.11 Å². The van der Waals surface area contributed by atoms with Crippen LogP contribution in [0, 0.1) is 16.7 Å². The van der Waals surface area contributed by atoms with Gasteiger partial charge in [0.15, 0.2) is 0 Å². The van der Waals surface area contributed by atoms with Gasteiger partial charge in [-0.1, -0.05) is 20.8 Å². The van der Waals surface area contributed by atoms with Gasteiger partial charge in [0.25, 0.3) is 0 Å². The molecule has 1 atom stereocenters. The summed E-state index contributed by atoms with van der Waals surface area (Å²) in [5.41, 5.74) is 0.142. The Kier molecular flexibility index (Phi) is 5.69. The van der Waals surface area contributed by atoms with Gasteiger partial charge in [-0.2, -0.15) is 5.26 Å². The van der Waals surface area contributed by atoms with E-state index in [0.717, 1.165) is 0 Å². The molecule has 0 fully saturated rings. The van der Waals surface area contributed by atoms with E-state index in [-0.39, 0.29) is 16.7 Å². The molecule has 0 aliphatic carbocycles. The highest BCUT2D eigenvalue weighted by Gasteiger charge is 2.26. The molecule has 0 bridgehead atoms. The van der Waals surface area contributed by atoms with Crippen molar-refractivity contribution in [3.05, 3.63) is 29.8 Å².